The second-order valence-corrected chi connectivity index (χ2v) is 6.15. The number of benzene rings is 1. The van der Waals surface area contributed by atoms with Gasteiger partial charge in [-0.1, -0.05) is 12.1 Å². The van der Waals surface area contributed by atoms with E-state index in [2.05, 4.69) is 17.1 Å². The number of amides is 1. The zero-order chi connectivity index (χ0) is 17.8. The molecule has 0 spiro atoms. The third-order valence-corrected chi connectivity index (χ3v) is 4.37. The SMILES string of the molecule is CCCc1noc(C2CC(=O)N(Cc3cc(OC)ccc3OC)C2)n1. The average Bonchev–Trinajstić information content (AvgIpc) is 3.22. The zero-order valence-corrected chi connectivity index (χ0v) is 14.8. The van der Waals surface area contributed by atoms with Crippen LogP contribution in [0, 0.1) is 0 Å². The van der Waals surface area contributed by atoms with E-state index in [0.717, 1.165) is 29.9 Å². The van der Waals surface area contributed by atoms with Crippen molar-refractivity contribution in [2.75, 3.05) is 20.8 Å². The normalized spacial score (nSPS) is 17.2. The van der Waals surface area contributed by atoms with Crippen LogP contribution in [0.2, 0.25) is 0 Å². The van der Waals surface area contributed by atoms with E-state index in [-0.39, 0.29) is 11.8 Å². The van der Waals surface area contributed by atoms with E-state index in [0.29, 0.717) is 31.2 Å². The van der Waals surface area contributed by atoms with Crippen molar-refractivity contribution in [3.8, 4) is 11.5 Å². The van der Waals surface area contributed by atoms with Crippen LogP contribution in [0.3, 0.4) is 0 Å². The molecule has 0 N–H and O–H groups in total. The molecule has 0 radical (unpaired) electrons. The van der Waals surface area contributed by atoms with Crippen LogP contribution < -0.4 is 9.47 Å². The van der Waals surface area contributed by atoms with Gasteiger partial charge in [-0.2, -0.15) is 4.98 Å². The van der Waals surface area contributed by atoms with Gasteiger partial charge in [0.1, 0.15) is 11.5 Å². The Labute approximate surface area is 146 Å². The first kappa shape index (κ1) is 17.3. The first-order chi connectivity index (χ1) is 12.1. The van der Waals surface area contributed by atoms with E-state index >= 15 is 0 Å². The molecule has 2 aromatic rings. The van der Waals surface area contributed by atoms with Crippen molar-refractivity contribution < 1.29 is 18.8 Å². The lowest BCUT2D eigenvalue weighted by atomic mass is 10.1. The smallest absolute Gasteiger partial charge is 0.232 e. The summed E-state index contributed by atoms with van der Waals surface area (Å²) in [5.41, 5.74) is 0.910. The maximum absolute atomic E-state index is 12.4. The standard InChI is InChI=1S/C18H23N3O4/c1-4-5-16-19-18(25-20-16)13-9-17(22)21(11-13)10-12-8-14(23-2)6-7-15(12)24-3/h6-8,13H,4-5,9-11H2,1-3H3. The molecule has 0 saturated carbocycles. The minimum Gasteiger partial charge on any atom is -0.497 e. The van der Waals surface area contributed by atoms with Gasteiger partial charge in [0.25, 0.3) is 0 Å². The van der Waals surface area contributed by atoms with E-state index in [4.69, 9.17) is 14.0 Å². The maximum Gasteiger partial charge on any atom is 0.232 e. The van der Waals surface area contributed by atoms with Crippen molar-refractivity contribution in [2.45, 2.75) is 38.6 Å². The lowest BCUT2D eigenvalue weighted by Gasteiger charge is -2.18. The first-order valence-corrected chi connectivity index (χ1v) is 8.45. The molecule has 134 valence electrons. The second-order valence-electron chi connectivity index (χ2n) is 6.15. The molecule has 1 atom stereocenters. The number of hydrogen-bond donors (Lipinski definition) is 0. The minimum absolute atomic E-state index is 0.0535. The van der Waals surface area contributed by atoms with Gasteiger partial charge in [0.05, 0.1) is 20.1 Å². The summed E-state index contributed by atoms with van der Waals surface area (Å²) < 4.78 is 16.0. The molecule has 0 aliphatic carbocycles. The van der Waals surface area contributed by atoms with Crippen LogP contribution >= 0.6 is 0 Å². The summed E-state index contributed by atoms with van der Waals surface area (Å²) in [7, 11) is 3.24. The molecule has 1 saturated heterocycles. The van der Waals surface area contributed by atoms with Gasteiger partial charge in [-0.3, -0.25) is 4.79 Å². The Bertz CT molecular complexity index is 744. The molecule has 25 heavy (non-hydrogen) atoms. The number of carbonyl (C=O) groups excluding carboxylic acids is 1. The zero-order valence-electron chi connectivity index (χ0n) is 14.8. The molecule has 1 aliphatic heterocycles. The van der Waals surface area contributed by atoms with Crippen molar-refractivity contribution in [3.05, 3.63) is 35.5 Å². The molecule has 1 aromatic carbocycles. The summed E-state index contributed by atoms with van der Waals surface area (Å²) in [6, 6.07) is 5.58. The monoisotopic (exact) mass is 345 g/mol. The number of ether oxygens (including phenoxy) is 2. The van der Waals surface area contributed by atoms with Gasteiger partial charge in [0.2, 0.25) is 11.8 Å². The van der Waals surface area contributed by atoms with Crippen molar-refractivity contribution >= 4 is 5.91 Å². The molecule has 3 rings (SSSR count). The van der Waals surface area contributed by atoms with Crippen LogP contribution in [0.4, 0.5) is 0 Å². The number of carbonyl (C=O) groups is 1. The molecule has 7 nitrogen and oxygen atoms in total. The highest BCUT2D eigenvalue weighted by Crippen LogP contribution is 2.31. The van der Waals surface area contributed by atoms with Crippen LogP contribution in [-0.2, 0) is 17.8 Å². The first-order valence-electron chi connectivity index (χ1n) is 8.45. The predicted octanol–water partition coefficient (Wildman–Crippen LogP) is 2.56. The highest BCUT2D eigenvalue weighted by Gasteiger charge is 2.34. The van der Waals surface area contributed by atoms with E-state index in [1.807, 2.05) is 18.2 Å². The Morgan fingerprint density at radius 1 is 1.32 bits per heavy atom. The maximum atomic E-state index is 12.4. The van der Waals surface area contributed by atoms with Crippen LogP contribution in [-0.4, -0.2) is 41.7 Å². The topological polar surface area (TPSA) is 77.7 Å². The van der Waals surface area contributed by atoms with Gasteiger partial charge in [-0.15, -0.1) is 0 Å². The van der Waals surface area contributed by atoms with Crippen LogP contribution in [0.25, 0.3) is 0 Å². The Balaban J connectivity index is 1.72. The number of aryl methyl sites for hydroxylation is 1. The lowest BCUT2D eigenvalue weighted by Crippen LogP contribution is -2.24. The van der Waals surface area contributed by atoms with Crippen molar-refractivity contribution in [2.24, 2.45) is 0 Å². The number of likely N-dealkylation sites (tertiary alicyclic amines) is 1. The van der Waals surface area contributed by atoms with Crippen molar-refractivity contribution in [3.63, 3.8) is 0 Å². The summed E-state index contributed by atoms with van der Waals surface area (Å²) in [4.78, 5) is 18.6. The molecular formula is C18H23N3O4. The fourth-order valence-electron chi connectivity index (χ4n) is 3.06. The number of aromatic nitrogens is 2. The van der Waals surface area contributed by atoms with Crippen LogP contribution in [0.5, 0.6) is 11.5 Å². The molecular weight excluding hydrogens is 322 g/mol. The quantitative estimate of drug-likeness (QED) is 0.767. The van der Waals surface area contributed by atoms with Gasteiger partial charge in [0.15, 0.2) is 5.82 Å². The second kappa shape index (κ2) is 7.55. The molecule has 1 fully saturated rings. The average molecular weight is 345 g/mol. The fraction of sp³-hybridized carbons (Fsp3) is 0.500. The Kier molecular flexibility index (Phi) is 5.21. The highest BCUT2D eigenvalue weighted by atomic mass is 16.5. The van der Waals surface area contributed by atoms with Gasteiger partial charge >= 0.3 is 0 Å². The van der Waals surface area contributed by atoms with E-state index in [1.165, 1.54) is 0 Å². The lowest BCUT2D eigenvalue weighted by molar-refractivity contribution is -0.128. The Morgan fingerprint density at radius 3 is 2.88 bits per heavy atom. The van der Waals surface area contributed by atoms with Gasteiger partial charge in [-0.05, 0) is 24.6 Å². The largest absolute Gasteiger partial charge is 0.497 e. The van der Waals surface area contributed by atoms with E-state index < -0.39 is 0 Å². The van der Waals surface area contributed by atoms with Crippen LogP contribution in [0.15, 0.2) is 22.7 Å². The molecule has 1 amide bonds. The number of methoxy groups -OCH3 is 2. The summed E-state index contributed by atoms with van der Waals surface area (Å²) in [6.07, 6.45) is 2.14. The summed E-state index contributed by atoms with van der Waals surface area (Å²) in [6.45, 7) is 3.09. The van der Waals surface area contributed by atoms with E-state index in [9.17, 15) is 4.79 Å². The molecule has 0 bridgehead atoms. The minimum atomic E-state index is -0.0535. The summed E-state index contributed by atoms with van der Waals surface area (Å²) >= 11 is 0. The van der Waals surface area contributed by atoms with Gasteiger partial charge < -0.3 is 18.9 Å². The number of hydrogen-bond acceptors (Lipinski definition) is 6. The number of nitrogens with zero attached hydrogens (tertiary/aromatic N) is 3. The predicted molar refractivity (Wildman–Crippen MR) is 90.6 cm³/mol. The summed E-state index contributed by atoms with van der Waals surface area (Å²) in [5.74, 6) is 2.75. The molecule has 1 aliphatic rings. The highest BCUT2D eigenvalue weighted by molar-refractivity contribution is 5.79. The molecule has 2 heterocycles. The summed E-state index contributed by atoms with van der Waals surface area (Å²) in [5, 5.41) is 3.98. The molecule has 1 unspecified atom stereocenters. The van der Waals surface area contributed by atoms with Gasteiger partial charge in [-0.25, -0.2) is 0 Å². The number of rotatable bonds is 7. The Hall–Kier alpha value is -2.57. The fourth-order valence-corrected chi connectivity index (χ4v) is 3.06. The van der Waals surface area contributed by atoms with Crippen molar-refractivity contribution in [1.82, 2.24) is 15.0 Å². The van der Waals surface area contributed by atoms with Gasteiger partial charge in [0, 0.05) is 31.5 Å². The third-order valence-electron chi connectivity index (χ3n) is 4.37. The van der Waals surface area contributed by atoms with Crippen molar-refractivity contribution in [1.29, 1.82) is 0 Å². The molecule has 7 heteroatoms. The third kappa shape index (κ3) is 3.75. The van der Waals surface area contributed by atoms with E-state index in [1.54, 1.807) is 19.1 Å². The van der Waals surface area contributed by atoms with Crippen LogP contribution in [0.1, 0.15) is 43.0 Å². The molecule has 1 aromatic heterocycles. The Morgan fingerprint density at radius 2 is 2.16 bits per heavy atom.